The van der Waals surface area contributed by atoms with Gasteiger partial charge < -0.3 is 4.90 Å². The summed E-state index contributed by atoms with van der Waals surface area (Å²) >= 11 is 0. The molecule has 0 aromatic heterocycles. The molecule has 0 amide bonds. The highest BCUT2D eigenvalue weighted by Gasteiger charge is 2.20. The molecule has 0 aliphatic heterocycles. The van der Waals surface area contributed by atoms with Gasteiger partial charge in [0, 0.05) is 22.7 Å². The summed E-state index contributed by atoms with van der Waals surface area (Å²) in [7, 11) is 0. The molecular weight excluding hydrogens is 494 g/mol. The first kappa shape index (κ1) is 23.7. The van der Waals surface area contributed by atoms with Crippen molar-refractivity contribution < 1.29 is 0 Å². The number of allylic oxidation sites excluding steroid dienone is 8. The molecule has 0 radical (unpaired) electrons. The lowest BCUT2D eigenvalue weighted by atomic mass is 9.83. The van der Waals surface area contributed by atoms with Crippen LogP contribution in [0.2, 0.25) is 0 Å². The fourth-order valence-electron chi connectivity index (χ4n) is 6.44. The highest BCUT2D eigenvalue weighted by Crippen LogP contribution is 2.43. The van der Waals surface area contributed by atoms with Crippen molar-refractivity contribution in [3.8, 4) is 0 Å². The van der Waals surface area contributed by atoms with Crippen LogP contribution >= 0.6 is 0 Å². The summed E-state index contributed by atoms with van der Waals surface area (Å²) in [6.45, 7) is 0. The van der Waals surface area contributed by atoms with E-state index >= 15 is 0 Å². The van der Waals surface area contributed by atoms with Crippen molar-refractivity contribution in [2.24, 2.45) is 5.92 Å². The first-order valence-corrected chi connectivity index (χ1v) is 14.4. The number of hydrogen-bond acceptors (Lipinski definition) is 1. The Hall–Kier alpha value is -5.14. The molecule has 41 heavy (non-hydrogen) atoms. The van der Waals surface area contributed by atoms with Crippen molar-refractivity contribution in [2.75, 3.05) is 4.90 Å². The topological polar surface area (TPSA) is 3.24 Å². The summed E-state index contributed by atoms with van der Waals surface area (Å²) < 4.78 is 0. The zero-order valence-electron chi connectivity index (χ0n) is 22.7. The molecule has 1 unspecified atom stereocenters. The molecule has 6 aromatic carbocycles. The average Bonchev–Trinajstić information content (AvgIpc) is 3.04. The third kappa shape index (κ3) is 4.18. The van der Waals surface area contributed by atoms with Crippen LogP contribution in [0.4, 0.5) is 17.1 Å². The Morgan fingerprint density at radius 2 is 1.20 bits per heavy atom. The monoisotopic (exact) mass is 523 g/mol. The van der Waals surface area contributed by atoms with Crippen molar-refractivity contribution in [3.63, 3.8) is 0 Å². The number of rotatable bonds is 4. The Bertz CT molecular complexity index is 2010. The van der Waals surface area contributed by atoms with Crippen LogP contribution < -0.4 is 4.90 Å². The third-order valence-electron chi connectivity index (χ3n) is 8.52. The predicted octanol–water partition coefficient (Wildman–Crippen LogP) is 11.1. The number of fused-ring (bicyclic) bond motifs is 4. The van der Waals surface area contributed by atoms with Gasteiger partial charge in [-0.1, -0.05) is 127 Å². The second kappa shape index (κ2) is 9.80. The standard InChI is InChI=1S/C40H29N/c1-4-12-31-25-34(18-17-28(31)9-1)37-23-24-40(39-16-8-7-15-38(37)39)41(35-21-19-29-10-2-5-13-32(29)26-35)36-22-20-30-11-3-6-14-33(30)27-36/h1-16,18-28H,17H2. The lowest BCUT2D eigenvalue weighted by Crippen LogP contribution is -2.11. The Balaban J connectivity index is 1.34. The SMILES string of the molecule is C1=CC2=CC(c3ccc(N(c4ccc5ccccc5c4)c4ccc5ccccc5c4)c4ccccc34)=CCC2C=C1. The van der Waals surface area contributed by atoms with E-state index < -0.39 is 0 Å². The fraction of sp³-hybridized carbons (Fsp3) is 0.0500. The second-order valence-corrected chi connectivity index (χ2v) is 11.0. The first-order valence-electron chi connectivity index (χ1n) is 14.4. The van der Waals surface area contributed by atoms with Crippen molar-refractivity contribution >= 4 is 55.0 Å². The van der Waals surface area contributed by atoms with E-state index in [2.05, 4.69) is 163 Å². The normalized spacial score (nSPS) is 16.0. The largest absolute Gasteiger partial charge is 0.310 e. The number of benzene rings is 6. The molecule has 8 rings (SSSR count). The maximum absolute atomic E-state index is 2.42. The van der Waals surface area contributed by atoms with E-state index in [1.165, 1.54) is 54.7 Å². The minimum Gasteiger partial charge on any atom is -0.310 e. The summed E-state index contributed by atoms with van der Waals surface area (Å²) in [6, 6.07) is 44.3. The van der Waals surface area contributed by atoms with Crippen molar-refractivity contribution in [1.82, 2.24) is 0 Å². The van der Waals surface area contributed by atoms with Gasteiger partial charge in [0.25, 0.3) is 0 Å². The highest BCUT2D eigenvalue weighted by molar-refractivity contribution is 6.06. The average molecular weight is 524 g/mol. The molecule has 1 heteroatoms. The predicted molar refractivity (Wildman–Crippen MR) is 176 cm³/mol. The zero-order valence-corrected chi connectivity index (χ0v) is 22.7. The first-order chi connectivity index (χ1) is 20.3. The smallest absolute Gasteiger partial charge is 0.0540 e. The molecule has 2 aliphatic carbocycles. The van der Waals surface area contributed by atoms with Gasteiger partial charge in [-0.2, -0.15) is 0 Å². The van der Waals surface area contributed by atoms with Crippen LogP contribution in [-0.4, -0.2) is 0 Å². The van der Waals surface area contributed by atoms with Crippen LogP contribution in [0, 0.1) is 5.92 Å². The number of anilines is 3. The van der Waals surface area contributed by atoms with E-state index in [1.807, 2.05) is 0 Å². The van der Waals surface area contributed by atoms with Gasteiger partial charge in [-0.25, -0.2) is 0 Å². The molecular formula is C40H29N. The Labute approximate surface area is 240 Å². The van der Waals surface area contributed by atoms with Gasteiger partial charge >= 0.3 is 0 Å². The minimum absolute atomic E-state index is 0.491. The Morgan fingerprint density at radius 3 is 1.90 bits per heavy atom. The molecule has 1 nitrogen and oxygen atoms in total. The van der Waals surface area contributed by atoms with Crippen LogP contribution in [0.5, 0.6) is 0 Å². The van der Waals surface area contributed by atoms with E-state index in [0.29, 0.717) is 5.92 Å². The van der Waals surface area contributed by atoms with Crippen molar-refractivity contribution in [3.05, 3.63) is 169 Å². The van der Waals surface area contributed by atoms with Crippen LogP contribution in [-0.2, 0) is 0 Å². The van der Waals surface area contributed by atoms with Gasteiger partial charge in [-0.15, -0.1) is 0 Å². The molecule has 0 bridgehead atoms. The molecule has 2 aliphatic rings. The van der Waals surface area contributed by atoms with Gasteiger partial charge in [-0.3, -0.25) is 0 Å². The van der Waals surface area contributed by atoms with Crippen LogP contribution in [0.1, 0.15) is 12.0 Å². The highest BCUT2D eigenvalue weighted by atomic mass is 15.1. The van der Waals surface area contributed by atoms with E-state index in [9.17, 15) is 0 Å². The molecule has 0 spiro atoms. The van der Waals surface area contributed by atoms with E-state index in [-0.39, 0.29) is 0 Å². The quantitative estimate of drug-likeness (QED) is 0.222. The summed E-state index contributed by atoms with van der Waals surface area (Å²) in [5.74, 6) is 0.491. The molecule has 6 aromatic rings. The Morgan fingerprint density at radius 1 is 0.561 bits per heavy atom. The molecule has 194 valence electrons. The molecule has 0 heterocycles. The maximum Gasteiger partial charge on any atom is 0.0540 e. The maximum atomic E-state index is 2.42. The second-order valence-electron chi connectivity index (χ2n) is 11.0. The fourth-order valence-corrected chi connectivity index (χ4v) is 6.44. The number of nitrogens with zero attached hydrogens (tertiary/aromatic N) is 1. The minimum atomic E-state index is 0.491. The van der Waals surface area contributed by atoms with E-state index in [0.717, 1.165) is 17.8 Å². The summed E-state index contributed by atoms with van der Waals surface area (Å²) in [5.41, 5.74) is 7.47. The molecule has 0 saturated carbocycles. The summed E-state index contributed by atoms with van der Waals surface area (Å²) in [6.07, 6.45) is 14.7. The molecule has 0 fully saturated rings. The number of hydrogen-bond donors (Lipinski definition) is 0. The summed E-state index contributed by atoms with van der Waals surface area (Å²) in [4.78, 5) is 2.42. The molecule has 0 saturated heterocycles. The van der Waals surface area contributed by atoms with Crippen LogP contribution in [0.3, 0.4) is 0 Å². The molecule has 0 N–H and O–H groups in total. The lowest BCUT2D eigenvalue weighted by molar-refractivity contribution is 0.783. The van der Waals surface area contributed by atoms with Crippen LogP contribution in [0.15, 0.2) is 163 Å². The van der Waals surface area contributed by atoms with Crippen molar-refractivity contribution in [1.29, 1.82) is 0 Å². The van der Waals surface area contributed by atoms with E-state index in [4.69, 9.17) is 0 Å². The summed E-state index contributed by atoms with van der Waals surface area (Å²) in [5, 5.41) is 7.48. The Kier molecular flexibility index (Phi) is 5.67. The lowest BCUT2D eigenvalue weighted by Gasteiger charge is -2.28. The molecule has 1 atom stereocenters. The van der Waals surface area contributed by atoms with Crippen molar-refractivity contribution in [2.45, 2.75) is 6.42 Å². The van der Waals surface area contributed by atoms with Gasteiger partial charge in [0.1, 0.15) is 0 Å². The van der Waals surface area contributed by atoms with E-state index in [1.54, 1.807) is 0 Å². The van der Waals surface area contributed by atoms with Gasteiger partial charge in [-0.05, 0) is 80.4 Å². The third-order valence-corrected chi connectivity index (χ3v) is 8.52. The van der Waals surface area contributed by atoms with Gasteiger partial charge in [0.2, 0.25) is 0 Å². The van der Waals surface area contributed by atoms with Gasteiger partial charge in [0.05, 0.1) is 5.69 Å². The zero-order chi connectivity index (χ0) is 27.2. The van der Waals surface area contributed by atoms with Gasteiger partial charge in [0.15, 0.2) is 0 Å². The van der Waals surface area contributed by atoms with Crippen LogP contribution in [0.25, 0.3) is 37.9 Å².